The number of ether oxygens (including phenoxy) is 1. The third-order valence-corrected chi connectivity index (χ3v) is 7.51. The lowest BCUT2D eigenvalue weighted by atomic mass is 9.94. The summed E-state index contributed by atoms with van der Waals surface area (Å²) in [5.41, 5.74) is 0.443. The second kappa shape index (κ2) is 9.34. The average Bonchev–Trinajstić information content (AvgIpc) is 2.73. The zero-order valence-corrected chi connectivity index (χ0v) is 18.7. The summed E-state index contributed by atoms with van der Waals surface area (Å²) in [7, 11) is -3.57. The Kier molecular flexibility index (Phi) is 7.02. The summed E-state index contributed by atoms with van der Waals surface area (Å²) in [6.45, 7) is 8.95. The standard InChI is InChI=1S/C21H31N3O5S/c1-4-29-21(26)23-11-9-22(10-12-23)20(25)18-5-7-19(8-6-18)30(27,28)24-14-16(2)13-17(3)15-24/h5-8,16-17H,4,9-15H2,1-3H3. The molecule has 1 aromatic rings. The average molecular weight is 438 g/mol. The summed E-state index contributed by atoms with van der Waals surface area (Å²) >= 11 is 0. The number of piperazine rings is 1. The zero-order valence-electron chi connectivity index (χ0n) is 17.9. The Morgan fingerprint density at radius 1 is 0.967 bits per heavy atom. The minimum absolute atomic E-state index is 0.164. The van der Waals surface area contributed by atoms with Gasteiger partial charge in [-0.3, -0.25) is 4.79 Å². The first-order chi connectivity index (χ1) is 14.2. The highest BCUT2D eigenvalue weighted by atomic mass is 32.2. The van der Waals surface area contributed by atoms with Crippen molar-refractivity contribution in [3.63, 3.8) is 0 Å². The highest BCUT2D eigenvalue weighted by Crippen LogP contribution is 2.27. The fourth-order valence-electron chi connectivity index (χ4n) is 4.21. The number of sulfonamides is 1. The van der Waals surface area contributed by atoms with Crippen LogP contribution >= 0.6 is 0 Å². The maximum atomic E-state index is 13.0. The molecule has 2 saturated heterocycles. The highest BCUT2D eigenvalue weighted by Gasteiger charge is 2.32. The predicted molar refractivity (Wildman–Crippen MR) is 113 cm³/mol. The molecule has 9 heteroatoms. The molecule has 0 spiro atoms. The molecule has 0 aliphatic carbocycles. The molecule has 0 saturated carbocycles. The molecule has 2 amide bonds. The summed E-state index contributed by atoms with van der Waals surface area (Å²) in [4.78, 5) is 28.0. The molecule has 2 heterocycles. The van der Waals surface area contributed by atoms with E-state index in [4.69, 9.17) is 4.74 Å². The third-order valence-electron chi connectivity index (χ3n) is 5.67. The monoisotopic (exact) mass is 437 g/mol. The van der Waals surface area contributed by atoms with Crippen molar-refractivity contribution in [1.29, 1.82) is 0 Å². The van der Waals surface area contributed by atoms with Crippen LogP contribution in [-0.4, -0.2) is 80.4 Å². The molecule has 0 bridgehead atoms. The minimum atomic E-state index is -3.57. The lowest BCUT2D eigenvalue weighted by Gasteiger charge is -2.34. The highest BCUT2D eigenvalue weighted by molar-refractivity contribution is 7.89. The van der Waals surface area contributed by atoms with Crippen LogP contribution in [0.1, 0.15) is 37.6 Å². The molecule has 0 N–H and O–H groups in total. The van der Waals surface area contributed by atoms with Crippen LogP contribution < -0.4 is 0 Å². The summed E-state index contributed by atoms with van der Waals surface area (Å²) in [6.07, 6.45) is 0.670. The number of rotatable bonds is 4. The number of carbonyl (C=O) groups is 2. The van der Waals surface area contributed by atoms with E-state index in [1.165, 1.54) is 12.1 Å². The second-order valence-corrected chi connectivity index (χ2v) is 10.2. The van der Waals surface area contributed by atoms with E-state index in [1.54, 1.807) is 33.2 Å². The van der Waals surface area contributed by atoms with Crippen LogP contribution in [0.2, 0.25) is 0 Å². The van der Waals surface area contributed by atoms with Crippen LogP contribution in [0.15, 0.2) is 29.2 Å². The van der Waals surface area contributed by atoms with Gasteiger partial charge in [0.1, 0.15) is 0 Å². The Hall–Kier alpha value is -2.13. The van der Waals surface area contributed by atoms with Crippen molar-refractivity contribution in [1.82, 2.24) is 14.1 Å². The fraction of sp³-hybridized carbons (Fsp3) is 0.619. The molecular weight excluding hydrogens is 406 g/mol. The topological polar surface area (TPSA) is 87.2 Å². The molecule has 3 rings (SSSR count). The van der Waals surface area contributed by atoms with Gasteiger partial charge in [0.2, 0.25) is 10.0 Å². The number of nitrogens with zero attached hydrogens (tertiary/aromatic N) is 3. The fourth-order valence-corrected chi connectivity index (χ4v) is 5.89. The smallest absolute Gasteiger partial charge is 0.409 e. The largest absolute Gasteiger partial charge is 0.450 e. The van der Waals surface area contributed by atoms with Crippen molar-refractivity contribution in [3.8, 4) is 0 Å². The van der Waals surface area contributed by atoms with E-state index >= 15 is 0 Å². The van der Waals surface area contributed by atoms with Crippen molar-refractivity contribution in [2.75, 3.05) is 45.9 Å². The van der Waals surface area contributed by atoms with Gasteiger partial charge in [-0.1, -0.05) is 13.8 Å². The van der Waals surface area contributed by atoms with Crippen LogP contribution in [0.3, 0.4) is 0 Å². The molecule has 2 aliphatic rings. The Morgan fingerprint density at radius 3 is 2.03 bits per heavy atom. The van der Waals surface area contributed by atoms with Gasteiger partial charge in [0.05, 0.1) is 11.5 Å². The van der Waals surface area contributed by atoms with Gasteiger partial charge in [-0.2, -0.15) is 4.31 Å². The normalized spacial score (nSPS) is 23.3. The molecule has 2 atom stereocenters. The van der Waals surface area contributed by atoms with Gasteiger partial charge in [-0.05, 0) is 49.4 Å². The summed E-state index contributed by atoms with van der Waals surface area (Å²) in [6, 6.07) is 6.18. The van der Waals surface area contributed by atoms with Crippen LogP contribution in [0, 0.1) is 11.8 Å². The lowest BCUT2D eigenvalue weighted by Crippen LogP contribution is -2.50. The molecule has 8 nitrogen and oxygen atoms in total. The maximum Gasteiger partial charge on any atom is 0.409 e. The lowest BCUT2D eigenvalue weighted by molar-refractivity contribution is 0.0570. The molecule has 1 aromatic carbocycles. The number of benzene rings is 1. The zero-order chi connectivity index (χ0) is 21.9. The maximum absolute atomic E-state index is 13.0. The SMILES string of the molecule is CCOC(=O)N1CCN(C(=O)c2ccc(S(=O)(=O)N3CC(C)CC(C)C3)cc2)CC1. The quantitative estimate of drug-likeness (QED) is 0.721. The Balaban J connectivity index is 1.64. The Labute approximate surface area is 178 Å². The molecule has 30 heavy (non-hydrogen) atoms. The van der Waals surface area contributed by atoms with Crippen molar-refractivity contribution in [3.05, 3.63) is 29.8 Å². The van der Waals surface area contributed by atoms with Gasteiger partial charge in [-0.25, -0.2) is 13.2 Å². The van der Waals surface area contributed by atoms with Crippen molar-refractivity contribution < 1.29 is 22.7 Å². The van der Waals surface area contributed by atoms with E-state index < -0.39 is 10.0 Å². The number of hydrogen-bond donors (Lipinski definition) is 0. The molecule has 2 unspecified atom stereocenters. The third kappa shape index (κ3) is 4.95. The molecule has 166 valence electrons. The van der Waals surface area contributed by atoms with Crippen molar-refractivity contribution in [2.45, 2.75) is 32.1 Å². The van der Waals surface area contributed by atoms with Gasteiger partial charge >= 0.3 is 6.09 Å². The molecule has 0 radical (unpaired) electrons. The van der Waals surface area contributed by atoms with Gasteiger partial charge in [0, 0.05) is 44.8 Å². The first-order valence-electron chi connectivity index (χ1n) is 10.5. The molecular formula is C21H31N3O5S. The van der Waals surface area contributed by atoms with E-state index in [2.05, 4.69) is 13.8 Å². The van der Waals surface area contributed by atoms with E-state index in [-0.39, 0.29) is 16.9 Å². The number of amides is 2. The Bertz CT molecular complexity index is 853. The first kappa shape index (κ1) is 22.6. The van der Waals surface area contributed by atoms with Crippen LogP contribution in [0.5, 0.6) is 0 Å². The van der Waals surface area contributed by atoms with Crippen LogP contribution in [0.25, 0.3) is 0 Å². The van der Waals surface area contributed by atoms with Crippen LogP contribution in [-0.2, 0) is 14.8 Å². The van der Waals surface area contributed by atoms with Gasteiger partial charge in [-0.15, -0.1) is 0 Å². The summed E-state index contributed by atoms with van der Waals surface area (Å²) in [5, 5.41) is 0. The number of hydrogen-bond acceptors (Lipinski definition) is 5. The van der Waals surface area contributed by atoms with E-state index in [0.29, 0.717) is 63.3 Å². The van der Waals surface area contributed by atoms with E-state index in [9.17, 15) is 18.0 Å². The first-order valence-corrected chi connectivity index (χ1v) is 12.0. The van der Waals surface area contributed by atoms with E-state index in [1.807, 2.05) is 0 Å². The number of carbonyl (C=O) groups excluding carboxylic acids is 2. The van der Waals surface area contributed by atoms with Gasteiger partial charge in [0.15, 0.2) is 0 Å². The second-order valence-electron chi connectivity index (χ2n) is 8.27. The summed E-state index contributed by atoms with van der Waals surface area (Å²) in [5.74, 6) is 0.498. The number of piperidine rings is 1. The Morgan fingerprint density at radius 2 is 1.50 bits per heavy atom. The van der Waals surface area contributed by atoms with Gasteiger partial charge < -0.3 is 14.5 Å². The molecule has 2 fully saturated rings. The van der Waals surface area contributed by atoms with Gasteiger partial charge in [0.25, 0.3) is 5.91 Å². The molecule has 0 aromatic heterocycles. The molecule has 2 aliphatic heterocycles. The van der Waals surface area contributed by atoms with E-state index in [0.717, 1.165) is 6.42 Å². The predicted octanol–water partition coefficient (Wildman–Crippen LogP) is 2.27. The minimum Gasteiger partial charge on any atom is -0.450 e. The van der Waals surface area contributed by atoms with Crippen molar-refractivity contribution >= 4 is 22.0 Å². The van der Waals surface area contributed by atoms with Crippen molar-refractivity contribution in [2.24, 2.45) is 11.8 Å². The summed E-state index contributed by atoms with van der Waals surface area (Å²) < 4.78 is 32.5. The van der Waals surface area contributed by atoms with Crippen LogP contribution in [0.4, 0.5) is 4.79 Å².